The molecule has 1 unspecified atom stereocenters. The Kier molecular flexibility index (Phi) is 4.20. The molecule has 1 atom stereocenters. The van der Waals surface area contributed by atoms with E-state index in [1.807, 2.05) is 18.2 Å². The average molecular weight is 249 g/mol. The minimum atomic E-state index is -0.524. The van der Waals surface area contributed by atoms with Gasteiger partial charge in [-0.15, -0.1) is 0 Å². The summed E-state index contributed by atoms with van der Waals surface area (Å²) in [7, 11) is 1.52. The van der Waals surface area contributed by atoms with Crippen molar-refractivity contribution in [3.8, 4) is 0 Å². The van der Waals surface area contributed by atoms with E-state index in [2.05, 4.69) is 4.90 Å². The third-order valence-electron chi connectivity index (χ3n) is 3.18. The Labute approximate surface area is 107 Å². The fourth-order valence-corrected chi connectivity index (χ4v) is 2.14. The largest absolute Gasteiger partial charge is 0.432 e. The van der Waals surface area contributed by atoms with Gasteiger partial charge < -0.3 is 14.4 Å². The summed E-state index contributed by atoms with van der Waals surface area (Å²) in [4.78, 5) is 14.3. The van der Waals surface area contributed by atoms with E-state index in [0.29, 0.717) is 5.56 Å². The van der Waals surface area contributed by atoms with Gasteiger partial charge in [-0.25, -0.2) is 4.79 Å². The molecule has 0 saturated carbocycles. The third kappa shape index (κ3) is 2.82. The molecule has 2 rings (SSSR count). The van der Waals surface area contributed by atoms with Gasteiger partial charge in [-0.1, -0.05) is 12.1 Å². The number of benzene rings is 1. The molecule has 1 aromatic carbocycles. The lowest BCUT2D eigenvalue weighted by Gasteiger charge is -2.21. The fourth-order valence-electron chi connectivity index (χ4n) is 2.14. The number of ether oxygens (including phenoxy) is 2. The number of esters is 1. The van der Waals surface area contributed by atoms with Gasteiger partial charge in [-0.3, -0.25) is 0 Å². The second kappa shape index (κ2) is 5.87. The van der Waals surface area contributed by atoms with Gasteiger partial charge in [0.05, 0.1) is 11.3 Å². The highest BCUT2D eigenvalue weighted by molar-refractivity contribution is 5.96. The summed E-state index contributed by atoms with van der Waals surface area (Å²) in [5.74, 6) is -0.327. The Morgan fingerprint density at radius 3 is 2.61 bits per heavy atom. The van der Waals surface area contributed by atoms with Crippen LogP contribution in [-0.2, 0) is 9.47 Å². The Bertz CT molecular complexity index is 413. The number of rotatable bonds is 4. The van der Waals surface area contributed by atoms with Crippen molar-refractivity contribution in [2.45, 2.75) is 26.1 Å². The maximum absolute atomic E-state index is 12.1. The van der Waals surface area contributed by atoms with Gasteiger partial charge in [0.1, 0.15) is 0 Å². The molecule has 0 amide bonds. The highest BCUT2D eigenvalue weighted by Gasteiger charge is 2.20. The Balaban J connectivity index is 2.18. The lowest BCUT2D eigenvalue weighted by atomic mass is 10.1. The van der Waals surface area contributed by atoms with Crippen molar-refractivity contribution in [1.29, 1.82) is 0 Å². The maximum Gasteiger partial charge on any atom is 0.342 e. The summed E-state index contributed by atoms with van der Waals surface area (Å²) >= 11 is 0. The molecule has 98 valence electrons. The van der Waals surface area contributed by atoms with Crippen LogP contribution in [0.3, 0.4) is 0 Å². The molecule has 0 spiro atoms. The zero-order valence-electron chi connectivity index (χ0n) is 10.9. The van der Waals surface area contributed by atoms with Crippen molar-refractivity contribution in [3.05, 3.63) is 29.8 Å². The van der Waals surface area contributed by atoms with Crippen LogP contribution in [0.4, 0.5) is 5.69 Å². The number of hydrogen-bond donors (Lipinski definition) is 0. The van der Waals surface area contributed by atoms with Crippen LogP contribution in [0.15, 0.2) is 24.3 Å². The van der Waals surface area contributed by atoms with E-state index in [1.54, 1.807) is 13.0 Å². The van der Waals surface area contributed by atoms with Gasteiger partial charge in [0, 0.05) is 20.2 Å². The number of hydrogen-bond acceptors (Lipinski definition) is 4. The summed E-state index contributed by atoms with van der Waals surface area (Å²) in [6.07, 6.45) is 1.83. The van der Waals surface area contributed by atoms with Crippen LogP contribution in [0, 0.1) is 0 Å². The van der Waals surface area contributed by atoms with Gasteiger partial charge in [-0.05, 0) is 31.9 Å². The molecular weight excluding hydrogens is 230 g/mol. The highest BCUT2D eigenvalue weighted by atomic mass is 16.7. The molecule has 1 aliphatic heterocycles. The molecule has 0 aromatic heterocycles. The molecule has 4 heteroatoms. The number of carbonyl (C=O) groups is 1. The third-order valence-corrected chi connectivity index (χ3v) is 3.18. The van der Waals surface area contributed by atoms with Crippen molar-refractivity contribution >= 4 is 11.7 Å². The van der Waals surface area contributed by atoms with Crippen LogP contribution < -0.4 is 4.90 Å². The van der Waals surface area contributed by atoms with Crippen molar-refractivity contribution in [1.82, 2.24) is 0 Å². The van der Waals surface area contributed by atoms with E-state index < -0.39 is 6.29 Å². The molecular formula is C14H19NO3. The molecule has 18 heavy (non-hydrogen) atoms. The molecule has 0 radical (unpaired) electrons. The number of carbonyl (C=O) groups excluding carboxylic acids is 1. The molecule has 1 aromatic rings. The van der Waals surface area contributed by atoms with E-state index in [-0.39, 0.29) is 5.97 Å². The number of nitrogens with zero attached hydrogens (tertiary/aromatic N) is 1. The molecule has 1 saturated heterocycles. The molecule has 0 N–H and O–H groups in total. The van der Waals surface area contributed by atoms with Crippen LogP contribution in [0.2, 0.25) is 0 Å². The SMILES string of the molecule is COC(C)OC(=O)c1ccccc1N1CCCC1. The van der Waals surface area contributed by atoms with Crippen LogP contribution >= 0.6 is 0 Å². The van der Waals surface area contributed by atoms with Crippen LogP contribution in [0.1, 0.15) is 30.1 Å². The summed E-state index contributed by atoms with van der Waals surface area (Å²) in [5.41, 5.74) is 1.58. The van der Waals surface area contributed by atoms with Crippen LogP contribution in [0.25, 0.3) is 0 Å². The second-order valence-electron chi connectivity index (χ2n) is 4.42. The van der Waals surface area contributed by atoms with Crippen LogP contribution in [0.5, 0.6) is 0 Å². The van der Waals surface area contributed by atoms with Crippen LogP contribution in [-0.4, -0.2) is 32.5 Å². The smallest absolute Gasteiger partial charge is 0.342 e. The number of methoxy groups -OCH3 is 1. The lowest BCUT2D eigenvalue weighted by molar-refractivity contribution is -0.0772. The second-order valence-corrected chi connectivity index (χ2v) is 4.42. The first-order valence-corrected chi connectivity index (χ1v) is 6.30. The topological polar surface area (TPSA) is 38.8 Å². The van der Waals surface area contributed by atoms with Crippen molar-refractivity contribution < 1.29 is 14.3 Å². The van der Waals surface area contributed by atoms with Crippen molar-refractivity contribution in [3.63, 3.8) is 0 Å². The Morgan fingerprint density at radius 1 is 1.28 bits per heavy atom. The van der Waals surface area contributed by atoms with Gasteiger partial charge in [0.2, 0.25) is 0 Å². The van der Waals surface area contributed by atoms with E-state index in [9.17, 15) is 4.79 Å². The molecule has 1 fully saturated rings. The molecule has 0 aliphatic carbocycles. The van der Waals surface area contributed by atoms with Gasteiger partial charge in [0.15, 0.2) is 6.29 Å². The molecule has 4 nitrogen and oxygen atoms in total. The first kappa shape index (κ1) is 12.9. The Hall–Kier alpha value is -1.55. The first-order valence-electron chi connectivity index (χ1n) is 6.30. The van der Waals surface area contributed by atoms with Gasteiger partial charge in [-0.2, -0.15) is 0 Å². The number of anilines is 1. The predicted molar refractivity (Wildman–Crippen MR) is 69.8 cm³/mol. The zero-order valence-corrected chi connectivity index (χ0v) is 10.9. The standard InChI is InChI=1S/C14H19NO3/c1-11(17-2)18-14(16)12-7-3-4-8-13(12)15-9-5-6-10-15/h3-4,7-8,11H,5-6,9-10H2,1-2H3. The Morgan fingerprint density at radius 2 is 1.94 bits per heavy atom. The minimum absolute atomic E-state index is 0.327. The normalized spacial score (nSPS) is 16.7. The van der Waals surface area contributed by atoms with E-state index in [0.717, 1.165) is 18.8 Å². The summed E-state index contributed by atoms with van der Waals surface area (Å²) in [6, 6.07) is 7.58. The number of para-hydroxylation sites is 1. The first-order chi connectivity index (χ1) is 8.72. The monoisotopic (exact) mass is 249 g/mol. The maximum atomic E-state index is 12.1. The average Bonchev–Trinajstić information content (AvgIpc) is 2.92. The van der Waals surface area contributed by atoms with Gasteiger partial charge in [0.25, 0.3) is 0 Å². The molecule has 1 aliphatic rings. The molecule has 0 bridgehead atoms. The minimum Gasteiger partial charge on any atom is -0.432 e. The quantitative estimate of drug-likeness (QED) is 0.607. The zero-order chi connectivity index (χ0) is 13.0. The summed E-state index contributed by atoms with van der Waals surface area (Å²) in [5, 5.41) is 0. The van der Waals surface area contributed by atoms with Crippen molar-refractivity contribution in [2.75, 3.05) is 25.1 Å². The van der Waals surface area contributed by atoms with Crippen molar-refractivity contribution in [2.24, 2.45) is 0 Å². The molecule has 1 heterocycles. The van der Waals surface area contributed by atoms with E-state index >= 15 is 0 Å². The fraction of sp³-hybridized carbons (Fsp3) is 0.500. The van der Waals surface area contributed by atoms with E-state index in [1.165, 1.54) is 20.0 Å². The lowest BCUT2D eigenvalue weighted by Crippen LogP contribution is -2.23. The highest BCUT2D eigenvalue weighted by Crippen LogP contribution is 2.25. The van der Waals surface area contributed by atoms with Gasteiger partial charge >= 0.3 is 5.97 Å². The summed E-state index contributed by atoms with van der Waals surface area (Å²) in [6.45, 7) is 3.71. The summed E-state index contributed by atoms with van der Waals surface area (Å²) < 4.78 is 10.1. The van der Waals surface area contributed by atoms with E-state index in [4.69, 9.17) is 9.47 Å². The predicted octanol–water partition coefficient (Wildman–Crippen LogP) is 2.44.